The third-order valence-corrected chi connectivity index (χ3v) is 3.83. The van der Waals surface area contributed by atoms with Crippen molar-refractivity contribution in [3.63, 3.8) is 0 Å². The van der Waals surface area contributed by atoms with Crippen LogP contribution in [0.3, 0.4) is 0 Å². The molecule has 104 valence electrons. The lowest BCUT2D eigenvalue weighted by molar-refractivity contribution is 0.305. The molecule has 3 nitrogen and oxygen atoms in total. The second-order valence-corrected chi connectivity index (χ2v) is 5.42. The van der Waals surface area contributed by atoms with Gasteiger partial charge in [-0.1, -0.05) is 26.0 Å². The van der Waals surface area contributed by atoms with Gasteiger partial charge in [0.2, 0.25) is 0 Å². The predicted octanol–water partition coefficient (Wildman–Crippen LogP) is 2.86. The number of hydrogen-bond donors (Lipinski definition) is 2. The summed E-state index contributed by atoms with van der Waals surface area (Å²) >= 11 is 0. The Morgan fingerprint density at radius 1 is 1.53 bits per heavy atom. The fraction of sp³-hybridized carbons (Fsp3) is 0.500. The molecule has 1 fully saturated rings. The zero-order valence-corrected chi connectivity index (χ0v) is 11.9. The van der Waals surface area contributed by atoms with Crippen molar-refractivity contribution in [1.82, 2.24) is 10.2 Å². The van der Waals surface area contributed by atoms with E-state index in [1.165, 1.54) is 24.8 Å². The van der Waals surface area contributed by atoms with Crippen molar-refractivity contribution in [1.29, 1.82) is 0 Å². The SMILES string of the molecule is C=C1C=CC(CNCC2CCC2)=CN1/C=C(\N)CC. The van der Waals surface area contributed by atoms with E-state index in [2.05, 4.69) is 31.1 Å². The van der Waals surface area contributed by atoms with Crippen LogP contribution < -0.4 is 11.1 Å². The molecule has 0 atom stereocenters. The highest BCUT2D eigenvalue weighted by Crippen LogP contribution is 2.25. The van der Waals surface area contributed by atoms with E-state index in [9.17, 15) is 0 Å². The van der Waals surface area contributed by atoms with Crippen LogP contribution in [-0.4, -0.2) is 18.0 Å². The average molecular weight is 259 g/mol. The van der Waals surface area contributed by atoms with E-state index in [0.717, 1.165) is 36.8 Å². The summed E-state index contributed by atoms with van der Waals surface area (Å²) in [6.45, 7) is 8.13. The Morgan fingerprint density at radius 2 is 2.32 bits per heavy atom. The molecular weight excluding hydrogens is 234 g/mol. The number of nitrogens with one attached hydrogen (secondary N) is 1. The Kier molecular flexibility index (Phi) is 4.86. The zero-order valence-electron chi connectivity index (χ0n) is 11.9. The highest BCUT2D eigenvalue weighted by atomic mass is 15.1. The van der Waals surface area contributed by atoms with E-state index >= 15 is 0 Å². The van der Waals surface area contributed by atoms with E-state index in [1.807, 2.05) is 17.2 Å². The first kappa shape index (κ1) is 13.9. The molecule has 2 aliphatic rings. The topological polar surface area (TPSA) is 41.3 Å². The van der Waals surface area contributed by atoms with E-state index < -0.39 is 0 Å². The molecule has 19 heavy (non-hydrogen) atoms. The number of nitrogens with two attached hydrogens (primary N) is 1. The quantitative estimate of drug-likeness (QED) is 0.770. The van der Waals surface area contributed by atoms with Gasteiger partial charge < -0.3 is 16.0 Å². The van der Waals surface area contributed by atoms with Crippen molar-refractivity contribution >= 4 is 0 Å². The Bertz CT molecular complexity index is 414. The summed E-state index contributed by atoms with van der Waals surface area (Å²) < 4.78 is 0. The third-order valence-electron chi connectivity index (χ3n) is 3.83. The van der Waals surface area contributed by atoms with Crippen LogP contribution in [0.4, 0.5) is 0 Å². The highest BCUT2D eigenvalue weighted by molar-refractivity contribution is 5.35. The summed E-state index contributed by atoms with van der Waals surface area (Å²) in [6, 6.07) is 0. The summed E-state index contributed by atoms with van der Waals surface area (Å²) in [7, 11) is 0. The second kappa shape index (κ2) is 6.62. The standard InChI is InChI=1S/C16H25N3/c1-3-16(17)12-19-11-15(8-7-13(19)2)10-18-9-14-5-4-6-14/h7-8,11-12,14,18H,2-6,9-10,17H2,1H3/b16-12-. The van der Waals surface area contributed by atoms with Crippen molar-refractivity contribution in [2.75, 3.05) is 13.1 Å². The molecule has 0 aromatic rings. The Labute approximate surface area is 116 Å². The molecule has 1 saturated carbocycles. The van der Waals surface area contributed by atoms with Gasteiger partial charge in [0.25, 0.3) is 0 Å². The fourth-order valence-electron chi connectivity index (χ4n) is 2.21. The van der Waals surface area contributed by atoms with Gasteiger partial charge in [-0.15, -0.1) is 0 Å². The Balaban J connectivity index is 1.86. The molecule has 0 radical (unpaired) electrons. The summed E-state index contributed by atoms with van der Waals surface area (Å²) in [4.78, 5) is 2.01. The second-order valence-electron chi connectivity index (χ2n) is 5.42. The van der Waals surface area contributed by atoms with Crippen molar-refractivity contribution in [2.24, 2.45) is 11.7 Å². The molecule has 1 aliphatic heterocycles. The lowest BCUT2D eigenvalue weighted by Crippen LogP contribution is -2.29. The predicted molar refractivity (Wildman–Crippen MR) is 81.0 cm³/mol. The van der Waals surface area contributed by atoms with Crippen molar-refractivity contribution in [2.45, 2.75) is 32.6 Å². The van der Waals surface area contributed by atoms with E-state index in [0.29, 0.717) is 0 Å². The fourth-order valence-corrected chi connectivity index (χ4v) is 2.21. The van der Waals surface area contributed by atoms with E-state index in [1.54, 1.807) is 0 Å². The molecule has 3 N–H and O–H groups in total. The van der Waals surface area contributed by atoms with Gasteiger partial charge in [0.15, 0.2) is 0 Å². The van der Waals surface area contributed by atoms with E-state index in [4.69, 9.17) is 5.73 Å². The van der Waals surface area contributed by atoms with Gasteiger partial charge in [-0.2, -0.15) is 0 Å². The lowest BCUT2D eigenvalue weighted by atomic mass is 9.85. The molecule has 1 aliphatic carbocycles. The van der Waals surface area contributed by atoms with Crippen molar-refractivity contribution in [3.8, 4) is 0 Å². The van der Waals surface area contributed by atoms with Gasteiger partial charge in [-0.3, -0.25) is 0 Å². The van der Waals surface area contributed by atoms with Crippen LogP contribution in [0.1, 0.15) is 32.6 Å². The number of hydrogen-bond acceptors (Lipinski definition) is 3. The highest BCUT2D eigenvalue weighted by Gasteiger charge is 2.16. The molecule has 0 spiro atoms. The van der Waals surface area contributed by atoms with Crippen LogP contribution in [0, 0.1) is 5.92 Å². The molecule has 0 amide bonds. The van der Waals surface area contributed by atoms with Gasteiger partial charge in [-0.25, -0.2) is 0 Å². The minimum absolute atomic E-state index is 0.858. The molecule has 0 bridgehead atoms. The molecule has 2 rings (SSSR count). The zero-order chi connectivity index (χ0) is 13.7. The van der Waals surface area contributed by atoms with Crippen molar-refractivity contribution in [3.05, 3.63) is 48.1 Å². The van der Waals surface area contributed by atoms with Crippen LogP contribution in [-0.2, 0) is 0 Å². The molecular formula is C16H25N3. The minimum atomic E-state index is 0.858. The van der Waals surface area contributed by atoms with Gasteiger partial charge in [-0.05, 0) is 43.4 Å². The van der Waals surface area contributed by atoms with Crippen molar-refractivity contribution < 1.29 is 0 Å². The normalized spacial score (nSPS) is 20.5. The molecule has 0 aromatic carbocycles. The smallest absolute Gasteiger partial charge is 0.0378 e. The van der Waals surface area contributed by atoms with Crippen LogP contribution in [0.15, 0.2) is 48.1 Å². The Hall–Kier alpha value is -1.48. The first-order chi connectivity index (χ1) is 9.19. The monoisotopic (exact) mass is 259 g/mol. The molecule has 1 heterocycles. The first-order valence-electron chi connectivity index (χ1n) is 7.22. The van der Waals surface area contributed by atoms with E-state index in [-0.39, 0.29) is 0 Å². The molecule has 0 unspecified atom stereocenters. The Morgan fingerprint density at radius 3 is 2.95 bits per heavy atom. The van der Waals surface area contributed by atoms with Crippen LogP contribution >= 0.6 is 0 Å². The van der Waals surface area contributed by atoms with Crippen LogP contribution in [0.5, 0.6) is 0 Å². The number of nitrogens with zero attached hydrogens (tertiary/aromatic N) is 1. The van der Waals surface area contributed by atoms with Gasteiger partial charge in [0.05, 0.1) is 0 Å². The minimum Gasteiger partial charge on any atom is -0.401 e. The number of allylic oxidation sites excluding steroid dienone is 2. The van der Waals surface area contributed by atoms with Crippen LogP contribution in [0.25, 0.3) is 0 Å². The average Bonchev–Trinajstić information content (AvgIpc) is 2.36. The first-order valence-corrected chi connectivity index (χ1v) is 7.22. The molecule has 0 saturated heterocycles. The number of rotatable bonds is 6. The maximum absolute atomic E-state index is 5.89. The van der Waals surface area contributed by atoms with Gasteiger partial charge in [0, 0.05) is 30.3 Å². The van der Waals surface area contributed by atoms with Gasteiger partial charge in [0.1, 0.15) is 0 Å². The van der Waals surface area contributed by atoms with Gasteiger partial charge >= 0.3 is 0 Å². The molecule has 0 aromatic heterocycles. The third kappa shape index (κ3) is 4.00. The maximum atomic E-state index is 5.89. The summed E-state index contributed by atoms with van der Waals surface area (Å²) in [5, 5.41) is 3.53. The largest absolute Gasteiger partial charge is 0.401 e. The maximum Gasteiger partial charge on any atom is 0.0378 e. The molecule has 3 heteroatoms. The summed E-state index contributed by atoms with van der Waals surface area (Å²) in [6.07, 6.45) is 13.3. The summed E-state index contributed by atoms with van der Waals surface area (Å²) in [5.41, 5.74) is 8.98. The van der Waals surface area contributed by atoms with Crippen LogP contribution in [0.2, 0.25) is 0 Å². The lowest BCUT2D eigenvalue weighted by Gasteiger charge is -2.26. The summed E-state index contributed by atoms with van der Waals surface area (Å²) in [5.74, 6) is 0.898.